The van der Waals surface area contributed by atoms with E-state index in [0.29, 0.717) is 26.3 Å². The van der Waals surface area contributed by atoms with Crippen LogP contribution in [0.3, 0.4) is 0 Å². The average Bonchev–Trinajstić information content (AvgIpc) is 2.87. The maximum atomic E-state index is 12.6. The average molecular weight is 367 g/mol. The van der Waals surface area contributed by atoms with Gasteiger partial charge in [0.05, 0.1) is 18.1 Å². The molecular weight excluding hydrogens is 342 g/mol. The van der Waals surface area contributed by atoms with Crippen LogP contribution in [0, 0.1) is 5.92 Å². The fourth-order valence-electron chi connectivity index (χ4n) is 3.27. The van der Waals surface area contributed by atoms with Gasteiger partial charge in [-0.2, -0.15) is 0 Å². The SMILES string of the molecule is CC(=O)N1CCCc2cc(S(=O)(=O)NC[C@H]3CNCCOC3)ccc21. The third kappa shape index (κ3) is 4.38. The van der Waals surface area contributed by atoms with Gasteiger partial charge in [0, 0.05) is 44.7 Å². The number of carbonyl (C=O) groups excluding carboxylic acids is 1. The number of nitrogens with one attached hydrogen (secondary N) is 2. The molecule has 8 heteroatoms. The molecule has 2 N–H and O–H groups in total. The lowest BCUT2D eigenvalue weighted by atomic mass is 10.0. The molecule has 0 saturated carbocycles. The number of amides is 1. The van der Waals surface area contributed by atoms with Crippen molar-refractivity contribution < 1.29 is 17.9 Å². The molecule has 0 spiro atoms. The third-order valence-corrected chi connectivity index (χ3v) is 6.05. The van der Waals surface area contributed by atoms with Crippen LogP contribution in [0.2, 0.25) is 0 Å². The number of hydrogen-bond acceptors (Lipinski definition) is 5. The smallest absolute Gasteiger partial charge is 0.240 e. The lowest BCUT2D eigenvalue weighted by molar-refractivity contribution is -0.116. The minimum atomic E-state index is -3.58. The fraction of sp³-hybridized carbons (Fsp3) is 0.588. The summed E-state index contributed by atoms with van der Waals surface area (Å²) in [5.41, 5.74) is 1.72. The Labute approximate surface area is 148 Å². The van der Waals surface area contributed by atoms with E-state index >= 15 is 0 Å². The Morgan fingerprint density at radius 1 is 1.44 bits per heavy atom. The molecule has 7 nitrogen and oxygen atoms in total. The van der Waals surface area contributed by atoms with Crippen LogP contribution in [-0.2, 0) is 26.0 Å². The zero-order chi connectivity index (χ0) is 17.9. The highest BCUT2D eigenvalue weighted by molar-refractivity contribution is 7.89. The van der Waals surface area contributed by atoms with Crippen LogP contribution < -0.4 is 14.9 Å². The van der Waals surface area contributed by atoms with Gasteiger partial charge in [0.1, 0.15) is 0 Å². The molecule has 0 bridgehead atoms. The molecule has 0 unspecified atom stereocenters. The van der Waals surface area contributed by atoms with Gasteiger partial charge >= 0.3 is 0 Å². The van der Waals surface area contributed by atoms with Gasteiger partial charge in [-0.15, -0.1) is 0 Å². The van der Waals surface area contributed by atoms with Crippen molar-refractivity contribution in [3.05, 3.63) is 23.8 Å². The van der Waals surface area contributed by atoms with Crippen molar-refractivity contribution in [3.8, 4) is 0 Å². The minimum Gasteiger partial charge on any atom is -0.380 e. The van der Waals surface area contributed by atoms with Crippen molar-refractivity contribution in [2.45, 2.75) is 24.7 Å². The first-order chi connectivity index (χ1) is 12.0. The summed E-state index contributed by atoms with van der Waals surface area (Å²) in [4.78, 5) is 13.7. The third-order valence-electron chi connectivity index (χ3n) is 4.63. The highest BCUT2D eigenvalue weighted by Crippen LogP contribution is 2.29. The molecule has 2 aliphatic rings. The molecular formula is C17H25N3O4S. The molecule has 2 aliphatic heterocycles. The van der Waals surface area contributed by atoms with Crippen molar-refractivity contribution >= 4 is 21.6 Å². The van der Waals surface area contributed by atoms with E-state index in [-0.39, 0.29) is 16.7 Å². The second-order valence-electron chi connectivity index (χ2n) is 6.56. The first kappa shape index (κ1) is 18.3. The predicted molar refractivity (Wildman–Crippen MR) is 95.2 cm³/mol. The van der Waals surface area contributed by atoms with Crippen LogP contribution in [0.15, 0.2) is 23.1 Å². The molecule has 0 aliphatic carbocycles. The quantitative estimate of drug-likeness (QED) is 0.809. The number of rotatable bonds is 4. The van der Waals surface area contributed by atoms with Crippen LogP contribution in [0.1, 0.15) is 18.9 Å². The molecule has 1 aromatic rings. The number of nitrogens with zero attached hydrogens (tertiary/aromatic N) is 1. The van der Waals surface area contributed by atoms with Gasteiger partial charge in [0.25, 0.3) is 0 Å². The molecule has 0 aromatic heterocycles. The van der Waals surface area contributed by atoms with Crippen molar-refractivity contribution in [2.75, 3.05) is 44.3 Å². The van der Waals surface area contributed by atoms with Crippen LogP contribution >= 0.6 is 0 Å². The topological polar surface area (TPSA) is 87.7 Å². The number of benzene rings is 1. The molecule has 3 rings (SSSR count). The summed E-state index contributed by atoms with van der Waals surface area (Å²) in [6.07, 6.45) is 1.62. The Kier molecular flexibility index (Phi) is 5.73. The Morgan fingerprint density at radius 2 is 2.28 bits per heavy atom. The molecule has 1 atom stereocenters. The Bertz CT molecular complexity index is 727. The van der Waals surface area contributed by atoms with Gasteiger partial charge in [-0.1, -0.05) is 0 Å². The summed E-state index contributed by atoms with van der Waals surface area (Å²) in [6.45, 7) is 5.28. The van der Waals surface area contributed by atoms with Gasteiger partial charge in [-0.05, 0) is 36.6 Å². The van der Waals surface area contributed by atoms with E-state index in [1.54, 1.807) is 23.1 Å². The number of sulfonamides is 1. The van der Waals surface area contributed by atoms with Gasteiger partial charge in [0.15, 0.2) is 0 Å². The summed E-state index contributed by atoms with van der Waals surface area (Å²) in [5, 5.41) is 3.23. The summed E-state index contributed by atoms with van der Waals surface area (Å²) in [7, 11) is -3.58. The van der Waals surface area contributed by atoms with Crippen LogP contribution in [0.4, 0.5) is 5.69 Å². The lowest BCUT2D eigenvalue weighted by Crippen LogP contribution is -2.36. The first-order valence-electron chi connectivity index (χ1n) is 8.66. The number of fused-ring (bicyclic) bond motifs is 1. The molecule has 0 radical (unpaired) electrons. The zero-order valence-electron chi connectivity index (χ0n) is 14.5. The van der Waals surface area contributed by atoms with Gasteiger partial charge < -0.3 is 15.0 Å². The van der Waals surface area contributed by atoms with Crippen LogP contribution in [0.25, 0.3) is 0 Å². The Balaban J connectivity index is 1.73. The van der Waals surface area contributed by atoms with E-state index in [1.165, 1.54) is 6.92 Å². The van der Waals surface area contributed by atoms with E-state index in [0.717, 1.165) is 37.2 Å². The van der Waals surface area contributed by atoms with E-state index < -0.39 is 10.0 Å². The summed E-state index contributed by atoms with van der Waals surface area (Å²) >= 11 is 0. The largest absolute Gasteiger partial charge is 0.380 e. The zero-order valence-corrected chi connectivity index (χ0v) is 15.3. The van der Waals surface area contributed by atoms with Crippen molar-refractivity contribution in [1.82, 2.24) is 10.0 Å². The van der Waals surface area contributed by atoms with Crippen LogP contribution in [0.5, 0.6) is 0 Å². The second kappa shape index (κ2) is 7.82. The van der Waals surface area contributed by atoms with E-state index in [4.69, 9.17) is 4.74 Å². The number of ether oxygens (including phenoxy) is 1. The summed E-state index contributed by atoms with van der Waals surface area (Å²) in [6, 6.07) is 5.00. The van der Waals surface area contributed by atoms with Crippen molar-refractivity contribution in [1.29, 1.82) is 0 Å². The predicted octanol–water partition coefficient (Wildman–Crippen LogP) is 0.500. The van der Waals surface area contributed by atoms with Crippen LogP contribution in [-0.4, -0.2) is 53.7 Å². The monoisotopic (exact) mass is 367 g/mol. The molecule has 1 aromatic carbocycles. The molecule has 138 valence electrons. The standard InChI is InChI=1S/C17H25N3O4S/c1-13(21)20-7-2-3-15-9-16(4-5-17(15)20)25(22,23)19-11-14-10-18-6-8-24-12-14/h4-5,9,14,18-19H,2-3,6-8,10-12H2,1H3/t14-/m1/s1. The van der Waals surface area contributed by atoms with E-state index in [9.17, 15) is 13.2 Å². The van der Waals surface area contributed by atoms with Gasteiger partial charge in [-0.3, -0.25) is 4.79 Å². The molecule has 25 heavy (non-hydrogen) atoms. The number of carbonyl (C=O) groups is 1. The Hall–Kier alpha value is -1.48. The minimum absolute atomic E-state index is 0.0180. The van der Waals surface area contributed by atoms with Gasteiger partial charge in [-0.25, -0.2) is 13.1 Å². The normalized spacial score (nSPS) is 21.5. The number of hydrogen-bond donors (Lipinski definition) is 2. The number of anilines is 1. The van der Waals surface area contributed by atoms with E-state index in [2.05, 4.69) is 10.0 Å². The molecule has 1 saturated heterocycles. The highest BCUT2D eigenvalue weighted by atomic mass is 32.2. The lowest BCUT2D eigenvalue weighted by Gasteiger charge is -2.29. The maximum absolute atomic E-state index is 12.6. The Morgan fingerprint density at radius 3 is 3.08 bits per heavy atom. The molecule has 1 fully saturated rings. The second-order valence-corrected chi connectivity index (χ2v) is 8.33. The first-order valence-corrected chi connectivity index (χ1v) is 10.1. The highest BCUT2D eigenvalue weighted by Gasteiger charge is 2.24. The molecule has 1 amide bonds. The summed E-state index contributed by atoms with van der Waals surface area (Å²) in [5.74, 6) is 0.0960. The van der Waals surface area contributed by atoms with E-state index in [1.807, 2.05) is 0 Å². The summed E-state index contributed by atoms with van der Waals surface area (Å²) < 4.78 is 33.4. The van der Waals surface area contributed by atoms with Crippen molar-refractivity contribution in [2.24, 2.45) is 5.92 Å². The van der Waals surface area contributed by atoms with Gasteiger partial charge in [0.2, 0.25) is 15.9 Å². The fourth-order valence-corrected chi connectivity index (χ4v) is 4.44. The molecule has 2 heterocycles. The maximum Gasteiger partial charge on any atom is 0.240 e. The number of aryl methyl sites for hydroxylation is 1. The van der Waals surface area contributed by atoms with Crippen molar-refractivity contribution in [3.63, 3.8) is 0 Å².